The predicted octanol–water partition coefficient (Wildman–Crippen LogP) is 4.29. The Labute approximate surface area is 150 Å². The summed E-state index contributed by atoms with van der Waals surface area (Å²) in [6.45, 7) is 2.07. The minimum atomic E-state index is -4.36. The average Bonchev–Trinajstić information content (AvgIpc) is 2.93. The number of para-hydroxylation sites is 1. The van der Waals surface area contributed by atoms with Crippen LogP contribution in [0.25, 0.3) is 10.9 Å². The largest absolute Gasteiger partial charge is 0.418 e. The Kier molecular flexibility index (Phi) is 4.23. The number of halogens is 3. The van der Waals surface area contributed by atoms with E-state index < -0.39 is 11.7 Å². The summed E-state index contributed by atoms with van der Waals surface area (Å²) in [7, 11) is 2.01. The van der Waals surface area contributed by atoms with Gasteiger partial charge in [0.25, 0.3) is 0 Å². The van der Waals surface area contributed by atoms with Gasteiger partial charge in [-0.25, -0.2) is 0 Å². The monoisotopic (exact) mass is 359 g/mol. The van der Waals surface area contributed by atoms with Gasteiger partial charge in [-0.05, 0) is 36.7 Å². The van der Waals surface area contributed by atoms with Crippen LogP contribution in [0.4, 0.5) is 13.2 Å². The molecular weight excluding hydrogens is 339 g/mol. The molecule has 0 spiro atoms. The molecule has 136 valence electrons. The van der Waals surface area contributed by atoms with Crippen LogP contribution >= 0.6 is 0 Å². The molecule has 3 aromatic rings. The third-order valence-corrected chi connectivity index (χ3v) is 5.12. The molecule has 0 amide bonds. The minimum Gasteiger partial charge on any atom is -0.343 e. The summed E-state index contributed by atoms with van der Waals surface area (Å²) >= 11 is 0. The molecule has 26 heavy (non-hydrogen) atoms. The molecule has 1 aliphatic heterocycles. The number of nitrogens with zero attached hydrogens (tertiary/aromatic N) is 3. The Balaban J connectivity index is 1.86. The van der Waals surface area contributed by atoms with Gasteiger partial charge in [0, 0.05) is 49.5 Å². The minimum absolute atomic E-state index is 0.323. The molecule has 0 bridgehead atoms. The van der Waals surface area contributed by atoms with Gasteiger partial charge < -0.3 is 9.47 Å². The maximum absolute atomic E-state index is 13.7. The number of rotatable bonds is 3. The molecule has 3 heterocycles. The second-order valence-electron chi connectivity index (χ2n) is 6.88. The maximum Gasteiger partial charge on any atom is 0.418 e. The first-order valence-electron chi connectivity index (χ1n) is 8.73. The molecule has 0 unspecified atom stereocenters. The first-order valence-corrected chi connectivity index (χ1v) is 8.73. The number of likely N-dealkylation sites (N-methyl/N-ethyl adjacent to an activating group) is 1. The summed E-state index contributed by atoms with van der Waals surface area (Å²) in [6.07, 6.45) is 0.542. The Morgan fingerprint density at radius 1 is 1.15 bits per heavy atom. The van der Waals surface area contributed by atoms with E-state index in [2.05, 4.69) is 9.88 Å². The second-order valence-corrected chi connectivity index (χ2v) is 6.88. The van der Waals surface area contributed by atoms with Crippen LogP contribution in [0.3, 0.4) is 0 Å². The van der Waals surface area contributed by atoms with Crippen LogP contribution in [0.15, 0.2) is 42.7 Å². The van der Waals surface area contributed by atoms with E-state index in [-0.39, 0.29) is 0 Å². The zero-order chi connectivity index (χ0) is 18.3. The van der Waals surface area contributed by atoms with Gasteiger partial charge in [0.05, 0.1) is 11.1 Å². The third kappa shape index (κ3) is 2.98. The van der Waals surface area contributed by atoms with E-state index in [1.165, 1.54) is 12.1 Å². The lowest BCUT2D eigenvalue weighted by molar-refractivity contribution is -0.136. The second kappa shape index (κ2) is 6.43. The van der Waals surface area contributed by atoms with Crippen molar-refractivity contribution in [1.29, 1.82) is 0 Å². The van der Waals surface area contributed by atoms with Crippen molar-refractivity contribution in [2.45, 2.75) is 32.1 Å². The van der Waals surface area contributed by atoms with Crippen molar-refractivity contribution in [2.75, 3.05) is 13.6 Å². The number of aryl methyl sites for hydroxylation is 2. The highest BCUT2D eigenvalue weighted by atomic mass is 19.4. The lowest BCUT2D eigenvalue weighted by atomic mass is 10.0. The van der Waals surface area contributed by atoms with Gasteiger partial charge in [-0.2, -0.15) is 13.2 Å². The molecule has 3 nitrogen and oxygen atoms in total. The number of hydrogen-bond donors (Lipinski definition) is 0. The highest BCUT2D eigenvalue weighted by molar-refractivity contribution is 5.89. The van der Waals surface area contributed by atoms with Crippen molar-refractivity contribution in [3.8, 4) is 0 Å². The summed E-state index contributed by atoms with van der Waals surface area (Å²) in [6, 6.07) is 8.35. The number of benzene rings is 1. The first-order chi connectivity index (χ1) is 12.4. The molecule has 0 radical (unpaired) electrons. The molecule has 0 saturated carbocycles. The van der Waals surface area contributed by atoms with Crippen LogP contribution in [0.5, 0.6) is 0 Å². The molecule has 2 aromatic heterocycles. The summed E-state index contributed by atoms with van der Waals surface area (Å²) in [5.41, 5.74) is 2.88. The summed E-state index contributed by atoms with van der Waals surface area (Å²) in [5.74, 6) is 0. The third-order valence-electron chi connectivity index (χ3n) is 5.12. The molecule has 0 saturated heterocycles. The Bertz CT molecular complexity index is 929. The smallest absolute Gasteiger partial charge is 0.343 e. The van der Waals surface area contributed by atoms with E-state index in [1.54, 1.807) is 12.4 Å². The number of aromatic nitrogens is 2. The molecule has 0 atom stereocenters. The van der Waals surface area contributed by atoms with Crippen molar-refractivity contribution in [1.82, 2.24) is 14.5 Å². The molecule has 0 aliphatic carbocycles. The first kappa shape index (κ1) is 17.1. The Morgan fingerprint density at radius 2 is 2.00 bits per heavy atom. The van der Waals surface area contributed by atoms with E-state index >= 15 is 0 Å². The standard InChI is InChI=1S/C20H20F3N3/c1-25-10-8-18-16(13-25)15-5-2-6-17(20(21,22)23)19(15)26(18)11-7-14-4-3-9-24-12-14/h2-6,9,12H,7-8,10-11,13H2,1H3. The van der Waals surface area contributed by atoms with E-state index in [0.29, 0.717) is 25.0 Å². The van der Waals surface area contributed by atoms with Crippen LogP contribution < -0.4 is 0 Å². The zero-order valence-electron chi connectivity index (χ0n) is 14.6. The van der Waals surface area contributed by atoms with Gasteiger partial charge in [0.2, 0.25) is 0 Å². The highest BCUT2D eigenvalue weighted by Gasteiger charge is 2.35. The average molecular weight is 359 g/mol. The van der Waals surface area contributed by atoms with Crippen LogP contribution in [0, 0.1) is 0 Å². The quantitative estimate of drug-likeness (QED) is 0.696. The van der Waals surface area contributed by atoms with Gasteiger partial charge in [-0.15, -0.1) is 0 Å². The molecule has 0 N–H and O–H groups in total. The fourth-order valence-electron chi connectivity index (χ4n) is 3.90. The molecule has 1 aliphatic rings. The van der Waals surface area contributed by atoms with Crippen LogP contribution in [0.2, 0.25) is 0 Å². The number of hydrogen-bond acceptors (Lipinski definition) is 2. The highest BCUT2D eigenvalue weighted by Crippen LogP contribution is 2.39. The lowest BCUT2D eigenvalue weighted by Gasteiger charge is -2.24. The van der Waals surface area contributed by atoms with Gasteiger partial charge in [0.15, 0.2) is 0 Å². The van der Waals surface area contributed by atoms with Gasteiger partial charge in [-0.3, -0.25) is 4.98 Å². The van der Waals surface area contributed by atoms with E-state index in [4.69, 9.17) is 0 Å². The maximum atomic E-state index is 13.7. The van der Waals surface area contributed by atoms with E-state index in [1.807, 2.05) is 29.8 Å². The number of alkyl halides is 3. The van der Waals surface area contributed by atoms with Crippen LogP contribution in [-0.2, 0) is 32.1 Å². The topological polar surface area (TPSA) is 21.1 Å². The fourth-order valence-corrected chi connectivity index (χ4v) is 3.90. The van der Waals surface area contributed by atoms with Crippen LogP contribution in [-0.4, -0.2) is 28.0 Å². The molecule has 0 fully saturated rings. The summed E-state index contributed by atoms with van der Waals surface area (Å²) in [4.78, 5) is 6.27. The molecular formula is C20H20F3N3. The van der Waals surface area contributed by atoms with Crippen molar-refractivity contribution >= 4 is 10.9 Å². The van der Waals surface area contributed by atoms with Gasteiger partial charge in [-0.1, -0.05) is 18.2 Å². The van der Waals surface area contributed by atoms with Crippen molar-refractivity contribution in [3.63, 3.8) is 0 Å². The van der Waals surface area contributed by atoms with E-state index in [0.717, 1.165) is 35.2 Å². The zero-order valence-corrected chi connectivity index (χ0v) is 14.6. The van der Waals surface area contributed by atoms with Crippen LogP contribution in [0.1, 0.15) is 22.4 Å². The number of pyridine rings is 1. The summed E-state index contributed by atoms with van der Waals surface area (Å²) < 4.78 is 42.9. The summed E-state index contributed by atoms with van der Waals surface area (Å²) in [5, 5.41) is 0.729. The van der Waals surface area contributed by atoms with Crippen molar-refractivity contribution in [3.05, 3.63) is 65.1 Å². The van der Waals surface area contributed by atoms with Crippen molar-refractivity contribution in [2.24, 2.45) is 0 Å². The SMILES string of the molecule is CN1CCc2c(c3cccc(C(F)(F)F)c3n2CCc2cccnc2)C1. The molecule has 4 rings (SSSR count). The van der Waals surface area contributed by atoms with Gasteiger partial charge >= 0.3 is 6.18 Å². The lowest BCUT2D eigenvalue weighted by Crippen LogP contribution is -2.27. The van der Waals surface area contributed by atoms with Gasteiger partial charge in [0.1, 0.15) is 0 Å². The molecule has 1 aromatic carbocycles. The molecule has 6 heteroatoms. The van der Waals surface area contributed by atoms with E-state index in [9.17, 15) is 13.2 Å². The normalized spacial score (nSPS) is 15.4. The predicted molar refractivity (Wildman–Crippen MR) is 94.9 cm³/mol. The van der Waals surface area contributed by atoms with Crippen molar-refractivity contribution < 1.29 is 13.2 Å². The Hall–Kier alpha value is -2.34. The fraction of sp³-hybridized carbons (Fsp3) is 0.350. The Morgan fingerprint density at radius 3 is 2.73 bits per heavy atom. The number of fused-ring (bicyclic) bond motifs is 3.